The number of nitrogens with zero attached hydrogens (tertiary/aromatic N) is 1. The first kappa shape index (κ1) is 8.56. The molecule has 0 saturated carbocycles. The molecule has 1 rings (SSSR count). The average Bonchev–Trinajstić information content (AvgIpc) is 2.37. The van der Waals surface area contributed by atoms with Crippen LogP contribution in [0, 0.1) is 0 Å². The minimum absolute atomic E-state index is 0.552. The fourth-order valence-corrected chi connectivity index (χ4v) is 1.48. The lowest BCUT2D eigenvalue weighted by Gasteiger charge is -1.96. The van der Waals surface area contributed by atoms with Gasteiger partial charge in [0.1, 0.15) is 5.15 Å². The van der Waals surface area contributed by atoms with E-state index >= 15 is 0 Å². The Kier molecular flexibility index (Phi) is 3.39. The van der Waals surface area contributed by atoms with Crippen molar-refractivity contribution in [1.82, 2.24) is 4.98 Å². The Hall–Kier alpha value is -0.540. The van der Waals surface area contributed by atoms with Gasteiger partial charge in [-0.3, -0.25) is 0 Å². The van der Waals surface area contributed by atoms with Crippen molar-refractivity contribution in [2.24, 2.45) is 0 Å². The Morgan fingerprint density at radius 2 is 2.64 bits per heavy atom. The molecule has 0 spiro atoms. The number of hydrogen-bond acceptors (Lipinski definition) is 3. The van der Waals surface area contributed by atoms with Crippen LogP contribution in [-0.4, -0.2) is 11.5 Å². The first-order chi connectivity index (χ1) is 5.33. The zero-order chi connectivity index (χ0) is 8.10. The monoisotopic (exact) mass is 188 g/mol. The number of thiazole rings is 1. The lowest BCUT2D eigenvalue weighted by Crippen LogP contribution is -1.98. The van der Waals surface area contributed by atoms with Gasteiger partial charge in [0.2, 0.25) is 0 Å². The normalized spacial score (nSPS) is 9.55. The van der Waals surface area contributed by atoms with Crippen LogP contribution < -0.4 is 5.32 Å². The molecular formula is C7H9ClN2S. The fraction of sp³-hybridized carbons (Fsp3) is 0.286. The standard InChI is InChI=1S/C7H9ClN2S/c1-2-3-4-9-7-10-6(8)5-11-7/h2,5H,1,3-4H2,(H,9,10). The number of hydrogen-bond donors (Lipinski definition) is 1. The summed E-state index contributed by atoms with van der Waals surface area (Å²) >= 11 is 7.12. The third-order valence-corrected chi connectivity index (χ3v) is 2.22. The van der Waals surface area contributed by atoms with E-state index < -0.39 is 0 Å². The highest BCUT2D eigenvalue weighted by atomic mass is 35.5. The maximum atomic E-state index is 5.61. The van der Waals surface area contributed by atoms with E-state index in [1.165, 1.54) is 11.3 Å². The summed E-state index contributed by atoms with van der Waals surface area (Å²) in [7, 11) is 0. The topological polar surface area (TPSA) is 24.9 Å². The second kappa shape index (κ2) is 4.36. The molecule has 0 radical (unpaired) electrons. The Balaban J connectivity index is 2.32. The van der Waals surface area contributed by atoms with Crippen LogP contribution in [0.1, 0.15) is 6.42 Å². The molecule has 11 heavy (non-hydrogen) atoms. The van der Waals surface area contributed by atoms with Gasteiger partial charge in [-0.25, -0.2) is 4.98 Å². The highest BCUT2D eigenvalue weighted by Crippen LogP contribution is 2.18. The van der Waals surface area contributed by atoms with Crippen LogP contribution in [0.25, 0.3) is 0 Å². The van der Waals surface area contributed by atoms with Crippen LogP contribution >= 0.6 is 22.9 Å². The molecule has 1 heterocycles. The zero-order valence-electron chi connectivity index (χ0n) is 6.01. The van der Waals surface area contributed by atoms with Gasteiger partial charge in [0.05, 0.1) is 0 Å². The van der Waals surface area contributed by atoms with Crippen molar-refractivity contribution in [3.8, 4) is 0 Å². The average molecular weight is 189 g/mol. The summed E-state index contributed by atoms with van der Waals surface area (Å²) in [5.74, 6) is 0. The summed E-state index contributed by atoms with van der Waals surface area (Å²) in [6, 6.07) is 0. The van der Waals surface area contributed by atoms with Crippen LogP contribution in [0.5, 0.6) is 0 Å². The van der Waals surface area contributed by atoms with Gasteiger partial charge in [-0.1, -0.05) is 17.7 Å². The molecule has 1 aromatic heterocycles. The summed E-state index contributed by atoms with van der Waals surface area (Å²) < 4.78 is 0. The number of aromatic nitrogens is 1. The first-order valence-corrected chi connectivity index (χ1v) is 4.54. The van der Waals surface area contributed by atoms with Crippen LogP contribution in [0.3, 0.4) is 0 Å². The van der Waals surface area contributed by atoms with Crippen LogP contribution in [0.4, 0.5) is 5.13 Å². The molecule has 2 nitrogen and oxygen atoms in total. The number of anilines is 1. The lowest BCUT2D eigenvalue weighted by molar-refractivity contribution is 1.06. The van der Waals surface area contributed by atoms with E-state index in [4.69, 9.17) is 11.6 Å². The van der Waals surface area contributed by atoms with Crippen molar-refractivity contribution >= 4 is 28.1 Å². The van der Waals surface area contributed by atoms with Crippen LogP contribution in [-0.2, 0) is 0 Å². The van der Waals surface area contributed by atoms with Gasteiger partial charge in [0.25, 0.3) is 0 Å². The number of rotatable bonds is 4. The molecule has 1 N–H and O–H groups in total. The second-order valence-electron chi connectivity index (χ2n) is 1.98. The predicted molar refractivity (Wildman–Crippen MR) is 50.4 cm³/mol. The molecule has 0 aliphatic carbocycles. The zero-order valence-corrected chi connectivity index (χ0v) is 7.58. The summed E-state index contributed by atoms with van der Waals surface area (Å²) in [4.78, 5) is 4.02. The highest BCUT2D eigenvalue weighted by Gasteiger charge is 1.95. The van der Waals surface area contributed by atoms with Gasteiger partial charge >= 0.3 is 0 Å². The number of halogens is 1. The third-order valence-electron chi connectivity index (χ3n) is 1.10. The van der Waals surface area contributed by atoms with Gasteiger partial charge < -0.3 is 5.32 Å². The summed E-state index contributed by atoms with van der Waals surface area (Å²) in [6.07, 6.45) is 2.80. The SMILES string of the molecule is C=CCCNc1nc(Cl)cs1. The van der Waals surface area contributed by atoms with Gasteiger partial charge in [0, 0.05) is 11.9 Å². The maximum absolute atomic E-state index is 5.61. The van der Waals surface area contributed by atoms with Crippen molar-refractivity contribution in [3.63, 3.8) is 0 Å². The molecule has 0 unspecified atom stereocenters. The van der Waals surface area contributed by atoms with E-state index in [1.54, 1.807) is 5.38 Å². The van der Waals surface area contributed by atoms with Crippen LogP contribution in [0.2, 0.25) is 5.15 Å². The molecule has 0 saturated heterocycles. The quantitative estimate of drug-likeness (QED) is 0.581. The molecule has 0 bridgehead atoms. The molecule has 4 heteroatoms. The molecule has 0 aromatic carbocycles. The molecule has 0 aliphatic heterocycles. The minimum atomic E-state index is 0.552. The van der Waals surface area contributed by atoms with Crippen molar-refractivity contribution < 1.29 is 0 Å². The van der Waals surface area contributed by atoms with Crippen LogP contribution in [0.15, 0.2) is 18.0 Å². The Labute approximate surface area is 74.9 Å². The van der Waals surface area contributed by atoms with E-state index in [0.717, 1.165) is 18.1 Å². The number of nitrogens with one attached hydrogen (secondary N) is 1. The van der Waals surface area contributed by atoms with Crippen molar-refractivity contribution in [3.05, 3.63) is 23.2 Å². The molecule has 0 aliphatic rings. The molecular weight excluding hydrogens is 180 g/mol. The fourth-order valence-electron chi connectivity index (χ4n) is 0.617. The van der Waals surface area contributed by atoms with Gasteiger partial charge in [-0.05, 0) is 6.42 Å². The Morgan fingerprint density at radius 3 is 3.18 bits per heavy atom. The van der Waals surface area contributed by atoms with Crippen molar-refractivity contribution in [1.29, 1.82) is 0 Å². The van der Waals surface area contributed by atoms with Gasteiger partial charge in [-0.15, -0.1) is 17.9 Å². The highest BCUT2D eigenvalue weighted by molar-refractivity contribution is 7.14. The maximum Gasteiger partial charge on any atom is 0.184 e. The van der Waals surface area contributed by atoms with Crippen molar-refractivity contribution in [2.75, 3.05) is 11.9 Å². The second-order valence-corrected chi connectivity index (χ2v) is 3.22. The molecule has 0 fully saturated rings. The molecule has 0 amide bonds. The smallest absolute Gasteiger partial charge is 0.184 e. The Bertz CT molecular complexity index is 234. The van der Waals surface area contributed by atoms with Gasteiger partial charge in [-0.2, -0.15) is 0 Å². The summed E-state index contributed by atoms with van der Waals surface area (Å²) in [5, 5.41) is 6.35. The van der Waals surface area contributed by atoms with E-state index in [-0.39, 0.29) is 0 Å². The third kappa shape index (κ3) is 2.91. The first-order valence-electron chi connectivity index (χ1n) is 3.28. The van der Waals surface area contributed by atoms with E-state index in [1.807, 2.05) is 6.08 Å². The Morgan fingerprint density at radius 1 is 1.82 bits per heavy atom. The van der Waals surface area contributed by atoms with Gasteiger partial charge in [0.15, 0.2) is 5.13 Å². The van der Waals surface area contributed by atoms with Crippen molar-refractivity contribution in [2.45, 2.75) is 6.42 Å². The van der Waals surface area contributed by atoms with E-state index in [2.05, 4.69) is 16.9 Å². The molecule has 0 atom stereocenters. The lowest BCUT2D eigenvalue weighted by atomic mass is 10.4. The minimum Gasteiger partial charge on any atom is -0.361 e. The van der Waals surface area contributed by atoms with E-state index in [9.17, 15) is 0 Å². The van der Waals surface area contributed by atoms with E-state index in [0.29, 0.717) is 5.15 Å². The predicted octanol–water partition coefficient (Wildman–Crippen LogP) is 2.78. The summed E-state index contributed by atoms with van der Waals surface area (Å²) in [5.41, 5.74) is 0. The molecule has 60 valence electrons. The summed E-state index contributed by atoms with van der Waals surface area (Å²) in [6.45, 7) is 4.48. The molecule has 1 aromatic rings. The largest absolute Gasteiger partial charge is 0.361 e.